The normalized spacial score (nSPS) is 10.8. The Morgan fingerprint density at radius 1 is 0.857 bits per heavy atom. The van der Waals surface area contributed by atoms with Crippen molar-refractivity contribution < 1.29 is 19.1 Å². The number of hydrogen-bond acceptors (Lipinski definition) is 4. The smallest absolute Gasteiger partial charge is 0.343 e. The van der Waals surface area contributed by atoms with E-state index in [9.17, 15) is 9.59 Å². The van der Waals surface area contributed by atoms with Crippen molar-refractivity contribution in [3.05, 3.63) is 77.9 Å². The first-order chi connectivity index (χ1) is 10.2. The van der Waals surface area contributed by atoms with Crippen LogP contribution in [0.2, 0.25) is 0 Å². The standard InChI is InChI=1S/C17H14O4/c1-20-16(18)12-15(13-8-4-2-5-9-13)21-17(19)14-10-6-3-7-11-14/h2-12H,1H3/b15-12+. The van der Waals surface area contributed by atoms with Crippen molar-refractivity contribution in [1.29, 1.82) is 0 Å². The molecule has 2 aromatic carbocycles. The maximum absolute atomic E-state index is 12.1. The lowest BCUT2D eigenvalue weighted by Crippen LogP contribution is -2.07. The second-order valence-corrected chi connectivity index (χ2v) is 4.15. The Labute approximate surface area is 122 Å². The van der Waals surface area contributed by atoms with E-state index in [-0.39, 0.29) is 5.76 Å². The first kappa shape index (κ1) is 14.5. The van der Waals surface area contributed by atoms with Crippen LogP contribution >= 0.6 is 0 Å². The highest BCUT2D eigenvalue weighted by Gasteiger charge is 2.13. The Bertz CT molecular complexity index is 645. The minimum atomic E-state index is -0.588. The van der Waals surface area contributed by atoms with Gasteiger partial charge in [0.25, 0.3) is 0 Å². The van der Waals surface area contributed by atoms with E-state index < -0.39 is 11.9 Å². The quantitative estimate of drug-likeness (QED) is 0.491. The molecule has 0 fully saturated rings. The van der Waals surface area contributed by atoms with E-state index in [0.717, 1.165) is 6.08 Å². The van der Waals surface area contributed by atoms with Crippen molar-refractivity contribution in [1.82, 2.24) is 0 Å². The lowest BCUT2D eigenvalue weighted by atomic mass is 10.1. The summed E-state index contributed by atoms with van der Waals surface area (Å²) in [5.41, 5.74) is 1.02. The number of hydrogen-bond donors (Lipinski definition) is 0. The van der Waals surface area contributed by atoms with E-state index in [4.69, 9.17) is 4.74 Å². The van der Waals surface area contributed by atoms with E-state index in [1.54, 1.807) is 54.6 Å². The molecule has 21 heavy (non-hydrogen) atoms. The first-order valence-electron chi connectivity index (χ1n) is 6.33. The van der Waals surface area contributed by atoms with Gasteiger partial charge in [0, 0.05) is 5.56 Å². The molecule has 0 heterocycles. The van der Waals surface area contributed by atoms with Gasteiger partial charge in [0.15, 0.2) is 0 Å². The Morgan fingerprint density at radius 3 is 1.90 bits per heavy atom. The summed E-state index contributed by atoms with van der Waals surface area (Å²) >= 11 is 0. The molecule has 4 nitrogen and oxygen atoms in total. The summed E-state index contributed by atoms with van der Waals surface area (Å²) in [6.07, 6.45) is 1.15. The second kappa shape index (κ2) is 7.05. The number of carbonyl (C=O) groups excluding carboxylic acids is 2. The van der Waals surface area contributed by atoms with Crippen LogP contribution in [-0.4, -0.2) is 19.0 Å². The predicted octanol–water partition coefficient (Wildman–Crippen LogP) is 3.06. The van der Waals surface area contributed by atoms with Gasteiger partial charge in [0.1, 0.15) is 5.76 Å². The number of carbonyl (C=O) groups is 2. The van der Waals surface area contributed by atoms with Gasteiger partial charge < -0.3 is 9.47 Å². The van der Waals surface area contributed by atoms with Gasteiger partial charge in [0.05, 0.1) is 18.7 Å². The zero-order chi connectivity index (χ0) is 15.1. The fraction of sp³-hybridized carbons (Fsp3) is 0.0588. The SMILES string of the molecule is COC(=O)/C=C(/OC(=O)c1ccccc1)c1ccccc1. The topological polar surface area (TPSA) is 52.6 Å². The largest absolute Gasteiger partial charge is 0.466 e. The van der Waals surface area contributed by atoms with Crippen molar-refractivity contribution in [3.63, 3.8) is 0 Å². The summed E-state index contributed by atoms with van der Waals surface area (Å²) in [6.45, 7) is 0. The molecule has 4 heteroatoms. The maximum Gasteiger partial charge on any atom is 0.343 e. The van der Waals surface area contributed by atoms with E-state index in [2.05, 4.69) is 4.74 Å². The molecule has 0 N–H and O–H groups in total. The van der Waals surface area contributed by atoms with Crippen LogP contribution in [-0.2, 0) is 14.3 Å². The Hall–Kier alpha value is -2.88. The van der Waals surface area contributed by atoms with Gasteiger partial charge in [-0.25, -0.2) is 9.59 Å². The van der Waals surface area contributed by atoms with Gasteiger partial charge in [-0.3, -0.25) is 0 Å². The fourth-order valence-corrected chi connectivity index (χ4v) is 1.67. The van der Waals surface area contributed by atoms with Crippen LogP contribution in [0.25, 0.3) is 5.76 Å². The average molecular weight is 282 g/mol. The Morgan fingerprint density at radius 2 is 1.38 bits per heavy atom. The molecule has 0 saturated carbocycles. The predicted molar refractivity (Wildman–Crippen MR) is 78.3 cm³/mol. The molecular weight excluding hydrogens is 268 g/mol. The van der Waals surface area contributed by atoms with Crippen molar-refractivity contribution >= 4 is 17.7 Å². The van der Waals surface area contributed by atoms with Crippen LogP contribution in [0.15, 0.2) is 66.7 Å². The molecule has 0 unspecified atom stereocenters. The van der Waals surface area contributed by atoms with Gasteiger partial charge in [-0.05, 0) is 12.1 Å². The van der Waals surface area contributed by atoms with Crippen LogP contribution in [0.3, 0.4) is 0 Å². The van der Waals surface area contributed by atoms with Crippen LogP contribution < -0.4 is 0 Å². The fourth-order valence-electron chi connectivity index (χ4n) is 1.67. The van der Waals surface area contributed by atoms with Gasteiger partial charge in [-0.15, -0.1) is 0 Å². The molecule has 0 amide bonds. The molecule has 0 aliphatic heterocycles. The molecule has 2 aromatic rings. The molecule has 0 bridgehead atoms. The number of benzene rings is 2. The molecule has 0 spiro atoms. The van der Waals surface area contributed by atoms with Crippen LogP contribution in [0.4, 0.5) is 0 Å². The molecule has 0 aromatic heterocycles. The van der Waals surface area contributed by atoms with Crippen LogP contribution in [0.1, 0.15) is 15.9 Å². The highest BCUT2D eigenvalue weighted by atomic mass is 16.5. The monoisotopic (exact) mass is 282 g/mol. The Kier molecular flexibility index (Phi) is 4.88. The average Bonchev–Trinajstić information content (AvgIpc) is 2.55. The van der Waals surface area contributed by atoms with E-state index in [1.807, 2.05) is 6.07 Å². The molecule has 0 saturated heterocycles. The third-order valence-electron chi connectivity index (χ3n) is 2.72. The van der Waals surface area contributed by atoms with Crippen molar-refractivity contribution in [2.75, 3.05) is 7.11 Å². The minimum absolute atomic E-state index is 0.149. The molecule has 0 aliphatic carbocycles. The number of rotatable bonds is 4. The molecular formula is C17H14O4. The highest BCUT2D eigenvalue weighted by Crippen LogP contribution is 2.18. The number of ether oxygens (including phenoxy) is 2. The summed E-state index contributed by atoms with van der Waals surface area (Å²) in [7, 11) is 1.26. The van der Waals surface area contributed by atoms with E-state index in [0.29, 0.717) is 11.1 Å². The van der Waals surface area contributed by atoms with Gasteiger partial charge in [0.2, 0.25) is 0 Å². The second-order valence-electron chi connectivity index (χ2n) is 4.15. The summed E-state index contributed by atoms with van der Waals surface area (Å²) in [5.74, 6) is -0.972. The van der Waals surface area contributed by atoms with E-state index >= 15 is 0 Å². The van der Waals surface area contributed by atoms with Crippen molar-refractivity contribution in [3.8, 4) is 0 Å². The number of esters is 2. The highest BCUT2D eigenvalue weighted by molar-refractivity contribution is 5.96. The molecule has 0 radical (unpaired) electrons. The zero-order valence-electron chi connectivity index (χ0n) is 11.5. The van der Waals surface area contributed by atoms with Crippen LogP contribution in [0, 0.1) is 0 Å². The lowest BCUT2D eigenvalue weighted by molar-refractivity contribution is -0.134. The number of methoxy groups -OCH3 is 1. The summed E-state index contributed by atoms with van der Waals surface area (Å²) in [6, 6.07) is 17.5. The minimum Gasteiger partial charge on any atom is -0.466 e. The molecule has 0 atom stereocenters. The molecule has 2 rings (SSSR count). The van der Waals surface area contributed by atoms with E-state index in [1.165, 1.54) is 7.11 Å². The van der Waals surface area contributed by atoms with Crippen molar-refractivity contribution in [2.24, 2.45) is 0 Å². The maximum atomic E-state index is 12.1. The third-order valence-corrected chi connectivity index (χ3v) is 2.72. The van der Waals surface area contributed by atoms with Crippen LogP contribution in [0.5, 0.6) is 0 Å². The summed E-state index contributed by atoms with van der Waals surface area (Å²) in [5, 5.41) is 0. The summed E-state index contributed by atoms with van der Waals surface area (Å²) < 4.78 is 9.90. The zero-order valence-corrected chi connectivity index (χ0v) is 11.5. The third kappa shape index (κ3) is 4.04. The molecule has 0 aliphatic rings. The van der Waals surface area contributed by atoms with Gasteiger partial charge >= 0.3 is 11.9 Å². The van der Waals surface area contributed by atoms with Crippen molar-refractivity contribution in [2.45, 2.75) is 0 Å². The lowest BCUT2D eigenvalue weighted by Gasteiger charge is -2.09. The Balaban J connectivity index is 2.27. The van der Waals surface area contributed by atoms with Gasteiger partial charge in [-0.2, -0.15) is 0 Å². The summed E-state index contributed by atoms with van der Waals surface area (Å²) in [4.78, 5) is 23.5. The molecule has 106 valence electrons. The van der Waals surface area contributed by atoms with Gasteiger partial charge in [-0.1, -0.05) is 48.5 Å². The first-order valence-corrected chi connectivity index (χ1v) is 6.33.